The molecule has 0 aromatic heterocycles. The van der Waals surface area contributed by atoms with E-state index in [1.807, 2.05) is 0 Å². The normalized spacial score (nSPS) is 30.3. The summed E-state index contributed by atoms with van der Waals surface area (Å²) in [6.45, 7) is 3.64. The molecule has 0 aromatic carbocycles. The second-order valence-corrected chi connectivity index (χ2v) is 4.53. The molecule has 0 radical (unpaired) electrons. The highest BCUT2D eigenvalue weighted by molar-refractivity contribution is 7.80. The van der Waals surface area contributed by atoms with E-state index in [0.717, 1.165) is 0 Å². The highest BCUT2D eigenvalue weighted by Crippen LogP contribution is 2.26. The topological polar surface area (TPSA) is 88.1 Å². The van der Waals surface area contributed by atoms with E-state index in [0.29, 0.717) is 0 Å². The van der Waals surface area contributed by atoms with E-state index in [1.165, 1.54) is 20.8 Å². The molecule has 0 spiro atoms. The van der Waals surface area contributed by atoms with Crippen LogP contribution < -0.4 is 0 Å². The van der Waals surface area contributed by atoms with Gasteiger partial charge in [0.25, 0.3) is 0 Å². The first-order valence-electron chi connectivity index (χ1n) is 5.62. The van der Waals surface area contributed by atoms with Gasteiger partial charge in [-0.1, -0.05) is 0 Å². The minimum absolute atomic E-state index is 0.00343. The van der Waals surface area contributed by atoms with E-state index in [-0.39, 0.29) is 6.61 Å². The third kappa shape index (κ3) is 4.71. The molecule has 0 saturated carbocycles. The van der Waals surface area contributed by atoms with Gasteiger partial charge in [-0.05, 0) is 0 Å². The Bertz CT molecular complexity index is 370. The van der Waals surface area contributed by atoms with Gasteiger partial charge in [0.1, 0.15) is 5.44 Å². The van der Waals surface area contributed by atoms with Crippen LogP contribution in [0.2, 0.25) is 0 Å². The van der Waals surface area contributed by atoms with Crippen molar-refractivity contribution >= 4 is 30.5 Å². The van der Waals surface area contributed by atoms with Crippen molar-refractivity contribution in [3.8, 4) is 0 Å². The van der Waals surface area contributed by atoms with Crippen molar-refractivity contribution in [1.82, 2.24) is 0 Å². The van der Waals surface area contributed by atoms with E-state index >= 15 is 0 Å². The van der Waals surface area contributed by atoms with E-state index < -0.39 is 41.7 Å². The van der Waals surface area contributed by atoms with Gasteiger partial charge in [0, 0.05) is 20.8 Å². The molecule has 4 atom stereocenters. The summed E-state index contributed by atoms with van der Waals surface area (Å²) in [5.74, 6) is -1.71. The van der Waals surface area contributed by atoms with Gasteiger partial charge in [0.2, 0.25) is 0 Å². The monoisotopic (exact) mass is 292 g/mol. The van der Waals surface area contributed by atoms with Gasteiger partial charge in [-0.3, -0.25) is 14.4 Å². The van der Waals surface area contributed by atoms with E-state index in [2.05, 4.69) is 12.6 Å². The molecule has 1 saturated heterocycles. The van der Waals surface area contributed by atoms with Crippen LogP contribution in [0.4, 0.5) is 0 Å². The first-order valence-corrected chi connectivity index (χ1v) is 6.14. The third-order valence-corrected chi connectivity index (χ3v) is 2.77. The van der Waals surface area contributed by atoms with E-state index in [9.17, 15) is 14.4 Å². The van der Waals surface area contributed by atoms with Crippen molar-refractivity contribution in [3.05, 3.63) is 0 Å². The summed E-state index contributed by atoms with van der Waals surface area (Å²) in [6.07, 6.45) is -2.72. The molecule has 1 aliphatic heterocycles. The average Bonchev–Trinajstić information content (AvgIpc) is 2.25. The Kier molecular flexibility index (Phi) is 5.61. The zero-order chi connectivity index (χ0) is 14.6. The SMILES string of the molecule is CC(=O)OC1COC(S)C(OC(C)=O)C1OC(C)=O. The number of rotatable bonds is 3. The molecule has 0 aliphatic carbocycles. The minimum atomic E-state index is -0.943. The summed E-state index contributed by atoms with van der Waals surface area (Å²) in [6, 6.07) is 0. The van der Waals surface area contributed by atoms with Crippen molar-refractivity contribution < 1.29 is 33.3 Å². The molecule has 0 aromatic rings. The first kappa shape index (κ1) is 15.8. The molecule has 8 heteroatoms. The number of ether oxygens (including phenoxy) is 4. The number of hydrogen-bond acceptors (Lipinski definition) is 8. The summed E-state index contributed by atoms with van der Waals surface area (Å²) >= 11 is 4.11. The highest BCUT2D eigenvalue weighted by Gasteiger charge is 2.45. The lowest BCUT2D eigenvalue weighted by atomic mass is 10.1. The molecule has 1 rings (SSSR count). The van der Waals surface area contributed by atoms with Crippen LogP contribution in [0.3, 0.4) is 0 Å². The van der Waals surface area contributed by atoms with Crippen molar-refractivity contribution in [1.29, 1.82) is 0 Å². The smallest absolute Gasteiger partial charge is 0.303 e. The van der Waals surface area contributed by atoms with E-state index in [1.54, 1.807) is 0 Å². The Labute approximate surface area is 115 Å². The predicted molar refractivity (Wildman–Crippen MR) is 65.4 cm³/mol. The van der Waals surface area contributed by atoms with Crippen LogP contribution in [0.25, 0.3) is 0 Å². The fourth-order valence-corrected chi connectivity index (χ4v) is 2.04. The Balaban J connectivity index is 2.89. The molecule has 0 amide bonds. The maximum Gasteiger partial charge on any atom is 0.303 e. The minimum Gasteiger partial charge on any atom is -0.456 e. The maximum atomic E-state index is 11.1. The molecule has 1 fully saturated rings. The second-order valence-electron chi connectivity index (χ2n) is 4.02. The second kappa shape index (κ2) is 6.76. The molecule has 1 heterocycles. The van der Waals surface area contributed by atoms with Crippen LogP contribution in [-0.2, 0) is 33.3 Å². The van der Waals surface area contributed by atoms with Gasteiger partial charge in [0.05, 0.1) is 6.61 Å². The molecule has 7 nitrogen and oxygen atoms in total. The van der Waals surface area contributed by atoms with Gasteiger partial charge in [0.15, 0.2) is 18.3 Å². The number of hydrogen-bond donors (Lipinski definition) is 1. The molecular formula is C11H16O7S. The summed E-state index contributed by atoms with van der Waals surface area (Å²) in [5, 5.41) is 0. The van der Waals surface area contributed by atoms with Crippen LogP contribution in [0.5, 0.6) is 0 Å². The Morgan fingerprint density at radius 2 is 1.42 bits per heavy atom. The quantitative estimate of drug-likeness (QED) is 0.447. The van der Waals surface area contributed by atoms with Gasteiger partial charge in [-0.2, -0.15) is 0 Å². The molecule has 0 bridgehead atoms. The van der Waals surface area contributed by atoms with Crippen LogP contribution in [-0.4, -0.2) is 48.3 Å². The largest absolute Gasteiger partial charge is 0.456 e. The number of esters is 3. The molecule has 0 N–H and O–H groups in total. The molecule has 4 unspecified atom stereocenters. The van der Waals surface area contributed by atoms with Crippen molar-refractivity contribution in [2.24, 2.45) is 0 Å². The van der Waals surface area contributed by atoms with Crippen LogP contribution >= 0.6 is 12.6 Å². The van der Waals surface area contributed by atoms with Gasteiger partial charge in [-0.15, -0.1) is 12.6 Å². The summed E-state index contributed by atoms with van der Waals surface area (Å²) in [7, 11) is 0. The Hall–Kier alpha value is -1.28. The lowest BCUT2D eigenvalue weighted by molar-refractivity contribution is -0.213. The summed E-state index contributed by atoms with van der Waals surface area (Å²) in [5.41, 5.74) is -0.764. The molecule has 1 aliphatic rings. The zero-order valence-electron chi connectivity index (χ0n) is 10.8. The maximum absolute atomic E-state index is 11.1. The summed E-state index contributed by atoms with van der Waals surface area (Å²) in [4.78, 5) is 33.2. The van der Waals surface area contributed by atoms with Crippen molar-refractivity contribution in [2.45, 2.75) is 44.5 Å². The number of thiol groups is 1. The van der Waals surface area contributed by atoms with Crippen LogP contribution in [0.15, 0.2) is 0 Å². The van der Waals surface area contributed by atoms with Gasteiger partial charge >= 0.3 is 17.9 Å². The molecular weight excluding hydrogens is 276 g/mol. The van der Waals surface area contributed by atoms with Crippen molar-refractivity contribution in [2.75, 3.05) is 6.61 Å². The average molecular weight is 292 g/mol. The van der Waals surface area contributed by atoms with Gasteiger partial charge < -0.3 is 18.9 Å². The van der Waals surface area contributed by atoms with Crippen LogP contribution in [0, 0.1) is 0 Å². The fourth-order valence-electron chi connectivity index (χ4n) is 1.72. The summed E-state index contributed by atoms with van der Waals surface area (Å²) < 4.78 is 20.3. The molecule has 19 heavy (non-hydrogen) atoms. The lowest BCUT2D eigenvalue weighted by Gasteiger charge is -2.38. The number of carbonyl (C=O) groups is 3. The fraction of sp³-hybridized carbons (Fsp3) is 0.727. The Morgan fingerprint density at radius 3 is 1.89 bits per heavy atom. The van der Waals surface area contributed by atoms with Crippen LogP contribution in [0.1, 0.15) is 20.8 Å². The third-order valence-electron chi connectivity index (χ3n) is 2.32. The van der Waals surface area contributed by atoms with Crippen molar-refractivity contribution in [3.63, 3.8) is 0 Å². The van der Waals surface area contributed by atoms with Gasteiger partial charge in [-0.25, -0.2) is 0 Å². The lowest BCUT2D eigenvalue weighted by Crippen LogP contribution is -2.55. The number of carbonyl (C=O) groups excluding carboxylic acids is 3. The van der Waals surface area contributed by atoms with E-state index in [4.69, 9.17) is 18.9 Å². The standard InChI is InChI=1S/C11H16O7S/c1-5(12)16-8-4-15-11(19)10(18-7(3)14)9(8)17-6(2)13/h8-11,19H,4H2,1-3H3. The zero-order valence-corrected chi connectivity index (χ0v) is 11.7. The predicted octanol–water partition coefficient (Wildman–Crippen LogP) is 0.0676. The molecule has 108 valence electrons. The first-order chi connectivity index (χ1) is 8.81. The highest BCUT2D eigenvalue weighted by atomic mass is 32.1. The Morgan fingerprint density at radius 1 is 0.947 bits per heavy atom.